The monoisotopic (exact) mass is 416 g/mol. The van der Waals surface area contributed by atoms with Crippen molar-refractivity contribution in [3.05, 3.63) is 65.3 Å². The largest absolute Gasteiger partial charge is 0.356 e. The van der Waals surface area contributed by atoms with Crippen molar-refractivity contribution in [1.29, 1.82) is 0 Å². The minimum Gasteiger partial charge on any atom is -0.356 e. The summed E-state index contributed by atoms with van der Waals surface area (Å²) in [5.74, 6) is 0.388. The van der Waals surface area contributed by atoms with Crippen molar-refractivity contribution in [2.24, 2.45) is 0 Å². The highest BCUT2D eigenvalue weighted by Crippen LogP contribution is 2.49. The average Bonchev–Trinajstić information content (AvgIpc) is 3.33. The topological polar surface area (TPSA) is 89.3 Å². The fourth-order valence-electron chi connectivity index (χ4n) is 3.01. The Kier molecular flexibility index (Phi) is 4.51. The summed E-state index contributed by atoms with van der Waals surface area (Å²) in [4.78, 5) is 13.0. The van der Waals surface area contributed by atoms with E-state index < -0.39 is 15.3 Å². The first-order valence-corrected chi connectivity index (χ1v) is 10.9. The first kappa shape index (κ1) is 18.7. The lowest BCUT2D eigenvalue weighted by atomic mass is 10.00. The molecule has 1 aromatic heterocycles. The van der Waals surface area contributed by atoms with Crippen molar-refractivity contribution in [3.8, 4) is 11.3 Å². The van der Waals surface area contributed by atoms with Gasteiger partial charge in [-0.25, -0.2) is 8.42 Å². The van der Waals surface area contributed by atoms with Gasteiger partial charge < -0.3 is 9.84 Å². The van der Waals surface area contributed by atoms with Gasteiger partial charge in [-0.1, -0.05) is 16.8 Å². The van der Waals surface area contributed by atoms with Crippen LogP contribution < -0.4 is 5.32 Å². The summed E-state index contributed by atoms with van der Waals surface area (Å²) in [5, 5.41) is 7.58. The molecule has 1 heterocycles. The molecular formula is C20H17ClN2O4S. The first-order valence-electron chi connectivity index (χ1n) is 8.63. The molecule has 1 N–H and O–H groups in total. The molecule has 0 aliphatic heterocycles. The van der Waals surface area contributed by atoms with Crippen LogP contribution in [0.25, 0.3) is 11.3 Å². The van der Waals surface area contributed by atoms with Gasteiger partial charge in [0.25, 0.3) is 0 Å². The Morgan fingerprint density at radius 1 is 1.11 bits per heavy atom. The Balaban J connectivity index is 1.53. The molecule has 0 bridgehead atoms. The van der Waals surface area contributed by atoms with Gasteiger partial charge in [0.1, 0.15) is 0 Å². The predicted octanol–water partition coefficient (Wildman–Crippen LogP) is 4.07. The average molecular weight is 417 g/mol. The van der Waals surface area contributed by atoms with E-state index in [0.29, 0.717) is 35.0 Å². The Morgan fingerprint density at radius 3 is 2.32 bits per heavy atom. The molecule has 0 unspecified atom stereocenters. The Labute approximate surface area is 167 Å². The molecule has 6 nitrogen and oxygen atoms in total. The van der Waals surface area contributed by atoms with Gasteiger partial charge in [0.15, 0.2) is 15.6 Å². The van der Waals surface area contributed by atoms with E-state index in [0.717, 1.165) is 11.8 Å². The molecule has 1 aliphatic carbocycles. The van der Waals surface area contributed by atoms with E-state index in [-0.39, 0.29) is 10.8 Å². The van der Waals surface area contributed by atoms with Crippen LogP contribution in [0.15, 0.2) is 64.0 Å². The summed E-state index contributed by atoms with van der Waals surface area (Å²) in [7, 11) is -3.28. The smallest absolute Gasteiger partial charge is 0.236 e. The molecule has 144 valence electrons. The maximum absolute atomic E-state index is 12.8. The lowest BCUT2D eigenvalue weighted by molar-refractivity contribution is -0.118. The number of nitrogens with one attached hydrogen (secondary N) is 1. The standard InChI is InChI=1S/C20H17ClN2O4S/c1-28(25,26)16-8-6-15(7-9-16)22-19(24)20(10-11-20)18-12-17(27-23-18)13-2-4-14(21)5-3-13/h2-9,12H,10-11H2,1H3,(H,22,24). The summed E-state index contributed by atoms with van der Waals surface area (Å²) in [6.07, 6.45) is 2.49. The molecular weight excluding hydrogens is 400 g/mol. The molecule has 1 saturated carbocycles. The number of carbonyl (C=O) groups is 1. The minimum atomic E-state index is -3.28. The number of halogens is 1. The fourth-order valence-corrected chi connectivity index (χ4v) is 3.77. The highest BCUT2D eigenvalue weighted by Gasteiger charge is 2.53. The van der Waals surface area contributed by atoms with Gasteiger partial charge in [0.05, 0.1) is 16.0 Å². The molecule has 28 heavy (non-hydrogen) atoms. The van der Waals surface area contributed by atoms with Gasteiger partial charge in [-0.05, 0) is 61.4 Å². The molecule has 8 heteroatoms. The summed E-state index contributed by atoms with van der Waals surface area (Å²) < 4.78 is 28.5. The molecule has 0 spiro atoms. The second-order valence-corrected chi connectivity index (χ2v) is 9.37. The summed E-state index contributed by atoms with van der Waals surface area (Å²) >= 11 is 5.91. The number of carbonyl (C=O) groups excluding carboxylic acids is 1. The van der Waals surface area contributed by atoms with Crippen molar-refractivity contribution < 1.29 is 17.7 Å². The van der Waals surface area contributed by atoms with Crippen molar-refractivity contribution >= 4 is 33.0 Å². The highest BCUT2D eigenvalue weighted by molar-refractivity contribution is 7.90. The highest BCUT2D eigenvalue weighted by atomic mass is 35.5. The zero-order valence-corrected chi connectivity index (χ0v) is 16.5. The molecule has 4 rings (SSSR count). The third-order valence-corrected chi connectivity index (χ3v) is 6.23. The van der Waals surface area contributed by atoms with Crippen molar-refractivity contribution in [2.75, 3.05) is 11.6 Å². The van der Waals surface area contributed by atoms with Crippen LogP contribution in [0.3, 0.4) is 0 Å². The van der Waals surface area contributed by atoms with Crippen LogP contribution in [0.5, 0.6) is 0 Å². The summed E-state index contributed by atoms with van der Waals surface area (Å²) in [6.45, 7) is 0. The number of sulfone groups is 1. The third kappa shape index (κ3) is 3.55. The molecule has 0 radical (unpaired) electrons. The quantitative estimate of drug-likeness (QED) is 0.677. The third-order valence-electron chi connectivity index (χ3n) is 4.85. The minimum absolute atomic E-state index is 0.185. The molecule has 1 fully saturated rings. The molecule has 1 aliphatic rings. The lowest BCUT2D eigenvalue weighted by Crippen LogP contribution is -2.28. The van der Waals surface area contributed by atoms with Gasteiger partial charge in [-0.3, -0.25) is 4.79 Å². The van der Waals surface area contributed by atoms with E-state index in [2.05, 4.69) is 10.5 Å². The Morgan fingerprint density at radius 2 is 1.75 bits per heavy atom. The van der Waals surface area contributed by atoms with E-state index in [1.807, 2.05) is 12.1 Å². The number of hydrogen-bond acceptors (Lipinski definition) is 5. The molecule has 0 saturated heterocycles. The predicted molar refractivity (Wildman–Crippen MR) is 106 cm³/mol. The Bertz CT molecular complexity index is 1130. The van der Waals surface area contributed by atoms with E-state index >= 15 is 0 Å². The Hall–Kier alpha value is -2.64. The van der Waals surface area contributed by atoms with Gasteiger partial charge in [-0.15, -0.1) is 0 Å². The van der Waals surface area contributed by atoms with Crippen molar-refractivity contribution in [3.63, 3.8) is 0 Å². The van der Waals surface area contributed by atoms with Crippen molar-refractivity contribution in [1.82, 2.24) is 5.16 Å². The van der Waals surface area contributed by atoms with Crippen LogP contribution in [-0.2, 0) is 20.0 Å². The second kappa shape index (κ2) is 6.76. The number of hydrogen-bond donors (Lipinski definition) is 1. The number of aromatic nitrogens is 1. The lowest BCUT2D eigenvalue weighted by Gasteiger charge is -2.12. The first-order chi connectivity index (χ1) is 13.3. The van der Waals surface area contributed by atoms with Crippen LogP contribution in [0.1, 0.15) is 18.5 Å². The van der Waals surface area contributed by atoms with Crippen LogP contribution in [0.2, 0.25) is 5.02 Å². The van der Waals surface area contributed by atoms with Gasteiger partial charge in [0.2, 0.25) is 5.91 Å². The molecule has 3 aromatic rings. The zero-order valence-electron chi connectivity index (χ0n) is 15.0. The van der Waals surface area contributed by atoms with E-state index in [4.69, 9.17) is 16.1 Å². The maximum Gasteiger partial charge on any atom is 0.236 e. The number of benzene rings is 2. The van der Waals surface area contributed by atoms with Crippen LogP contribution >= 0.6 is 11.6 Å². The number of anilines is 1. The maximum atomic E-state index is 12.8. The second-order valence-electron chi connectivity index (χ2n) is 6.92. The van der Waals surface area contributed by atoms with E-state index in [1.165, 1.54) is 12.1 Å². The molecule has 0 atom stereocenters. The van der Waals surface area contributed by atoms with Crippen molar-refractivity contribution in [2.45, 2.75) is 23.2 Å². The summed E-state index contributed by atoms with van der Waals surface area (Å²) in [6, 6.07) is 15.1. The van der Waals surface area contributed by atoms with Gasteiger partial charge in [-0.2, -0.15) is 0 Å². The number of rotatable bonds is 5. The van der Waals surface area contributed by atoms with E-state index in [1.54, 1.807) is 30.3 Å². The summed E-state index contributed by atoms with van der Waals surface area (Å²) in [5.41, 5.74) is 1.23. The number of amides is 1. The van der Waals surface area contributed by atoms with Crippen LogP contribution in [0, 0.1) is 0 Å². The SMILES string of the molecule is CS(=O)(=O)c1ccc(NC(=O)C2(c3cc(-c4ccc(Cl)cc4)on3)CC2)cc1. The normalized spacial score (nSPS) is 15.2. The fraction of sp³-hybridized carbons (Fsp3) is 0.200. The van der Waals surface area contributed by atoms with Gasteiger partial charge >= 0.3 is 0 Å². The van der Waals surface area contributed by atoms with Gasteiger partial charge in [0, 0.05) is 28.6 Å². The molecule has 1 amide bonds. The van der Waals surface area contributed by atoms with Crippen LogP contribution in [-0.4, -0.2) is 25.7 Å². The molecule has 2 aromatic carbocycles. The number of nitrogens with zero attached hydrogens (tertiary/aromatic N) is 1. The van der Waals surface area contributed by atoms with E-state index in [9.17, 15) is 13.2 Å². The van der Waals surface area contributed by atoms with Crippen LogP contribution in [0.4, 0.5) is 5.69 Å². The zero-order chi connectivity index (χ0) is 19.9.